The Morgan fingerprint density at radius 3 is 2.16 bits per heavy atom. The van der Waals surface area contributed by atoms with Crippen molar-refractivity contribution in [1.82, 2.24) is 4.31 Å². The number of amides is 2. The molecule has 164 valence electrons. The van der Waals surface area contributed by atoms with Crippen molar-refractivity contribution in [1.29, 1.82) is 0 Å². The van der Waals surface area contributed by atoms with Crippen LogP contribution in [0.4, 0.5) is 10.1 Å². The van der Waals surface area contributed by atoms with Crippen LogP contribution < -0.4 is 4.90 Å². The second-order valence-corrected chi connectivity index (χ2v) is 9.54. The maximum absolute atomic E-state index is 13.7. The fourth-order valence-corrected chi connectivity index (χ4v) is 6.04. The standard InChI is InChI=1S/C23H25FN2O4S/c1-6-11-25(31(29,30)22-16(4)14(2)12-15(3)17(22)5)20-13-21(27)26(23(20)28)19-9-7-18(24)8-10-19/h6-10,12,20H,1,11,13H2,2-5H3. The number of imide groups is 1. The first kappa shape index (κ1) is 22.8. The maximum Gasteiger partial charge on any atom is 0.252 e. The Kier molecular flexibility index (Phi) is 6.16. The van der Waals surface area contributed by atoms with Gasteiger partial charge in [-0.25, -0.2) is 17.7 Å². The summed E-state index contributed by atoms with van der Waals surface area (Å²) >= 11 is 0. The molecule has 0 radical (unpaired) electrons. The zero-order valence-corrected chi connectivity index (χ0v) is 18.8. The number of halogens is 1. The third kappa shape index (κ3) is 3.93. The smallest absolute Gasteiger partial charge is 0.252 e. The second kappa shape index (κ2) is 8.36. The van der Waals surface area contributed by atoms with Crippen LogP contribution in [-0.4, -0.2) is 37.1 Å². The molecule has 0 aromatic heterocycles. The van der Waals surface area contributed by atoms with E-state index in [-0.39, 0.29) is 23.5 Å². The minimum atomic E-state index is -4.12. The van der Waals surface area contributed by atoms with Crippen LogP contribution in [0.3, 0.4) is 0 Å². The SMILES string of the molecule is C=CCN(C1CC(=O)N(c2ccc(F)cc2)C1=O)S(=O)(=O)c1c(C)c(C)cc(C)c1C. The summed E-state index contributed by atoms with van der Waals surface area (Å²) < 4.78 is 41.8. The molecule has 0 N–H and O–H groups in total. The van der Waals surface area contributed by atoms with E-state index < -0.39 is 33.7 Å². The maximum atomic E-state index is 13.7. The zero-order chi connectivity index (χ0) is 23.1. The van der Waals surface area contributed by atoms with Crippen LogP contribution in [0.25, 0.3) is 0 Å². The number of sulfonamides is 1. The van der Waals surface area contributed by atoms with Crippen molar-refractivity contribution in [3.63, 3.8) is 0 Å². The summed E-state index contributed by atoms with van der Waals surface area (Å²) in [5, 5.41) is 0. The second-order valence-electron chi connectivity index (χ2n) is 7.72. The summed E-state index contributed by atoms with van der Waals surface area (Å²) in [6.45, 7) is 10.6. The largest absolute Gasteiger partial charge is 0.274 e. The Bertz CT molecular complexity index is 1150. The van der Waals surface area contributed by atoms with Crippen molar-refractivity contribution in [2.75, 3.05) is 11.4 Å². The molecule has 1 atom stereocenters. The third-order valence-electron chi connectivity index (χ3n) is 5.73. The van der Waals surface area contributed by atoms with E-state index in [0.717, 1.165) is 32.5 Å². The minimum Gasteiger partial charge on any atom is -0.274 e. The molecule has 2 amide bonds. The van der Waals surface area contributed by atoms with Crippen molar-refractivity contribution in [2.45, 2.75) is 45.1 Å². The van der Waals surface area contributed by atoms with Crippen LogP contribution in [0.2, 0.25) is 0 Å². The predicted molar refractivity (Wildman–Crippen MR) is 117 cm³/mol. The number of nitrogens with zero attached hydrogens (tertiary/aromatic N) is 2. The van der Waals surface area contributed by atoms with Crippen molar-refractivity contribution >= 4 is 27.5 Å². The lowest BCUT2D eigenvalue weighted by Crippen LogP contribution is -2.45. The summed E-state index contributed by atoms with van der Waals surface area (Å²) in [5.74, 6) is -1.71. The predicted octanol–water partition coefficient (Wildman–Crippen LogP) is 3.57. The highest BCUT2D eigenvalue weighted by Gasteiger charge is 2.47. The number of anilines is 1. The van der Waals surface area contributed by atoms with E-state index in [0.29, 0.717) is 11.1 Å². The van der Waals surface area contributed by atoms with Crippen molar-refractivity contribution in [3.8, 4) is 0 Å². The highest BCUT2D eigenvalue weighted by molar-refractivity contribution is 7.89. The number of carbonyl (C=O) groups is 2. The van der Waals surface area contributed by atoms with E-state index in [4.69, 9.17) is 0 Å². The number of rotatable bonds is 6. The molecule has 1 unspecified atom stereocenters. The van der Waals surface area contributed by atoms with Crippen molar-refractivity contribution < 1.29 is 22.4 Å². The summed E-state index contributed by atoms with van der Waals surface area (Å²) in [6.07, 6.45) is 1.09. The van der Waals surface area contributed by atoms with Gasteiger partial charge in [-0.05, 0) is 74.2 Å². The van der Waals surface area contributed by atoms with E-state index in [1.807, 2.05) is 19.9 Å². The Balaban J connectivity index is 2.09. The van der Waals surface area contributed by atoms with Gasteiger partial charge in [-0.3, -0.25) is 9.59 Å². The molecule has 8 heteroatoms. The molecule has 0 aliphatic carbocycles. The van der Waals surface area contributed by atoms with E-state index >= 15 is 0 Å². The van der Waals surface area contributed by atoms with Gasteiger partial charge >= 0.3 is 0 Å². The monoisotopic (exact) mass is 444 g/mol. The Hall–Kier alpha value is -2.84. The molecule has 31 heavy (non-hydrogen) atoms. The van der Waals surface area contributed by atoms with E-state index in [1.54, 1.807) is 13.8 Å². The molecule has 1 saturated heterocycles. The molecule has 0 saturated carbocycles. The molecule has 1 aliphatic heterocycles. The quantitative estimate of drug-likeness (QED) is 0.504. The molecular weight excluding hydrogens is 419 g/mol. The molecule has 1 heterocycles. The number of benzene rings is 2. The van der Waals surface area contributed by atoms with Crippen LogP contribution in [-0.2, 0) is 19.6 Å². The van der Waals surface area contributed by atoms with Gasteiger partial charge < -0.3 is 0 Å². The Morgan fingerprint density at radius 2 is 1.65 bits per heavy atom. The molecule has 2 aromatic rings. The van der Waals surface area contributed by atoms with Crippen molar-refractivity contribution in [2.24, 2.45) is 0 Å². The van der Waals surface area contributed by atoms with Gasteiger partial charge in [0.05, 0.1) is 17.0 Å². The minimum absolute atomic E-state index is 0.130. The lowest BCUT2D eigenvalue weighted by Gasteiger charge is -2.28. The molecule has 6 nitrogen and oxygen atoms in total. The van der Waals surface area contributed by atoms with Gasteiger partial charge in [-0.2, -0.15) is 4.31 Å². The average molecular weight is 445 g/mol. The molecule has 0 spiro atoms. The van der Waals surface area contributed by atoms with Gasteiger partial charge in [-0.15, -0.1) is 6.58 Å². The summed E-state index contributed by atoms with van der Waals surface area (Å²) in [7, 11) is -4.12. The highest BCUT2D eigenvalue weighted by atomic mass is 32.2. The number of carbonyl (C=O) groups excluding carboxylic acids is 2. The number of aryl methyl sites for hydroxylation is 2. The Morgan fingerprint density at radius 1 is 1.10 bits per heavy atom. The van der Waals surface area contributed by atoms with Crippen LogP contribution >= 0.6 is 0 Å². The molecule has 3 rings (SSSR count). The summed E-state index contributed by atoms with van der Waals surface area (Å²) in [6, 6.07) is 5.63. The van der Waals surface area contributed by atoms with Gasteiger partial charge in [0.25, 0.3) is 5.91 Å². The molecular formula is C23H25FN2O4S. The van der Waals surface area contributed by atoms with Crippen LogP contribution in [0.5, 0.6) is 0 Å². The zero-order valence-electron chi connectivity index (χ0n) is 18.0. The first-order chi connectivity index (χ1) is 14.5. The lowest BCUT2D eigenvalue weighted by molar-refractivity contribution is -0.122. The molecule has 0 bridgehead atoms. The van der Waals surface area contributed by atoms with E-state index in [2.05, 4.69) is 6.58 Å². The normalized spacial score (nSPS) is 17.0. The lowest BCUT2D eigenvalue weighted by atomic mass is 10.0. The fraction of sp³-hybridized carbons (Fsp3) is 0.304. The molecule has 1 fully saturated rings. The summed E-state index contributed by atoms with van der Waals surface area (Å²) in [5.41, 5.74) is 3.05. The first-order valence-electron chi connectivity index (χ1n) is 9.83. The van der Waals surface area contributed by atoms with Crippen LogP contribution in [0.1, 0.15) is 28.7 Å². The fourth-order valence-electron chi connectivity index (χ4n) is 3.91. The van der Waals surface area contributed by atoms with Gasteiger partial charge in [0, 0.05) is 6.54 Å². The molecule has 2 aromatic carbocycles. The molecule has 1 aliphatic rings. The first-order valence-corrected chi connectivity index (χ1v) is 11.3. The van der Waals surface area contributed by atoms with Crippen LogP contribution in [0.15, 0.2) is 47.9 Å². The van der Waals surface area contributed by atoms with E-state index in [9.17, 15) is 22.4 Å². The summed E-state index contributed by atoms with van der Waals surface area (Å²) in [4.78, 5) is 26.9. The van der Waals surface area contributed by atoms with Gasteiger partial charge in [0.1, 0.15) is 11.9 Å². The van der Waals surface area contributed by atoms with E-state index in [1.165, 1.54) is 18.2 Å². The third-order valence-corrected chi connectivity index (χ3v) is 7.88. The topological polar surface area (TPSA) is 74.8 Å². The van der Waals surface area contributed by atoms with Gasteiger partial charge in [0.2, 0.25) is 15.9 Å². The van der Waals surface area contributed by atoms with Gasteiger partial charge in [0.15, 0.2) is 0 Å². The van der Waals surface area contributed by atoms with Gasteiger partial charge in [-0.1, -0.05) is 12.1 Å². The van der Waals surface area contributed by atoms with Crippen LogP contribution in [0, 0.1) is 33.5 Å². The number of hydrogen-bond donors (Lipinski definition) is 0. The highest BCUT2D eigenvalue weighted by Crippen LogP contribution is 2.33. The Labute approximate surface area is 182 Å². The average Bonchev–Trinajstić information content (AvgIpc) is 2.99. The van der Waals surface area contributed by atoms with Crippen molar-refractivity contribution in [3.05, 3.63) is 71.1 Å². The number of hydrogen-bond acceptors (Lipinski definition) is 4.